The molecule has 18 heavy (non-hydrogen) atoms. The fraction of sp³-hybridized carbons (Fsp3) is 0.357. The predicted octanol–water partition coefficient (Wildman–Crippen LogP) is 2.11. The maximum absolute atomic E-state index is 10.5. The molecule has 0 saturated heterocycles. The number of nitrogens with zero attached hydrogens (tertiary/aromatic N) is 2. The number of aromatic nitrogens is 2. The lowest BCUT2D eigenvalue weighted by Crippen LogP contribution is -2.24. The molecule has 1 heterocycles. The number of methoxy groups -OCH3 is 1. The Labute approximate surface area is 106 Å². The molecule has 1 aliphatic rings. The summed E-state index contributed by atoms with van der Waals surface area (Å²) in [4.78, 5) is 0. The quantitative estimate of drug-likeness (QED) is 0.880. The first-order valence-corrected chi connectivity index (χ1v) is 6.13. The standard InChI is InChI=1S/C14H16N2O2/c1-18-11-5-3-10-4-6-13(14(17)12(10)9-11)16-8-2-7-15-16/h2-3,5,7-9,13-14,17H,4,6H2,1H3. The largest absolute Gasteiger partial charge is 0.497 e. The Hall–Kier alpha value is -1.81. The molecule has 0 saturated carbocycles. The molecule has 0 aliphatic heterocycles. The van der Waals surface area contributed by atoms with Crippen LogP contribution < -0.4 is 4.74 Å². The summed E-state index contributed by atoms with van der Waals surface area (Å²) in [7, 11) is 1.64. The monoisotopic (exact) mass is 244 g/mol. The highest BCUT2D eigenvalue weighted by Gasteiger charge is 2.29. The zero-order valence-corrected chi connectivity index (χ0v) is 10.3. The van der Waals surface area contributed by atoms with E-state index in [0.717, 1.165) is 24.2 Å². The highest BCUT2D eigenvalue weighted by Crippen LogP contribution is 2.38. The van der Waals surface area contributed by atoms with Gasteiger partial charge in [-0.3, -0.25) is 4.68 Å². The molecule has 0 radical (unpaired) electrons. The number of aryl methyl sites for hydroxylation is 1. The molecule has 0 bridgehead atoms. The van der Waals surface area contributed by atoms with Gasteiger partial charge in [-0.1, -0.05) is 6.07 Å². The van der Waals surface area contributed by atoms with Gasteiger partial charge in [0.05, 0.1) is 13.2 Å². The first-order valence-electron chi connectivity index (χ1n) is 6.13. The van der Waals surface area contributed by atoms with Gasteiger partial charge in [0.1, 0.15) is 11.9 Å². The van der Waals surface area contributed by atoms with Crippen LogP contribution in [0.3, 0.4) is 0 Å². The Kier molecular flexibility index (Phi) is 2.80. The fourth-order valence-corrected chi connectivity index (χ4v) is 2.63. The molecule has 1 aromatic carbocycles. The Balaban J connectivity index is 1.97. The van der Waals surface area contributed by atoms with E-state index in [4.69, 9.17) is 4.74 Å². The highest BCUT2D eigenvalue weighted by atomic mass is 16.5. The Bertz CT molecular complexity index is 537. The fourth-order valence-electron chi connectivity index (χ4n) is 2.63. The topological polar surface area (TPSA) is 47.3 Å². The Morgan fingerprint density at radius 1 is 1.44 bits per heavy atom. The molecule has 1 aliphatic carbocycles. The van der Waals surface area contributed by atoms with E-state index in [0.29, 0.717) is 0 Å². The summed E-state index contributed by atoms with van der Waals surface area (Å²) < 4.78 is 7.06. The van der Waals surface area contributed by atoms with E-state index >= 15 is 0 Å². The van der Waals surface area contributed by atoms with E-state index in [2.05, 4.69) is 5.10 Å². The van der Waals surface area contributed by atoms with Crippen molar-refractivity contribution in [3.63, 3.8) is 0 Å². The van der Waals surface area contributed by atoms with Gasteiger partial charge < -0.3 is 9.84 Å². The minimum atomic E-state index is -0.524. The van der Waals surface area contributed by atoms with Crippen molar-refractivity contribution < 1.29 is 9.84 Å². The third kappa shape index (κ3) is 1.78. The first kappa shape index (κ1) is 11.3. The first-order chi connectivity index (χ1) is 8.79. The van der Waals surface area contributed by atoms with Crippen molar-refractivity contribution in [2.75, 3.05) is 7.11 Å². The number of rotatable bonds is 2. The number of fused-ring (bicyclic) bond motifs is 1. The van der Waals surface area contributed by atoms with Crippen molar-refractivity contribution in [1.29, 1.82) is 0 Å². The van der Waals surface area contributed by atoms with Crippen LogP contribution >= 0.6 is 0 Å². The Morgan fingerprint density at radius 3 is 3.06 bits per heavy atom. The smallest absolute Gasteiger partial charge is 0.119 e. The summed E-state index contributed by atoms with van der Waals surface area (Å²) in [6, 6.07) is 7.81. The van der Waals surface area contributed by atoms with E-state index in [1.165, 1.54) is 5.56 Å². The van der Waals surface area contributed by atoms with Gasteiger partial charge in [0, 0.05) is 12.4 Å². The van der Waals surface area contributed by atoms with Crippen molar-refractivity contribution in [2.24, 2.45) is 0 Å². The van der Waals surface area contributed by atoms with Crippen LogP contribution in [0.4, 0.5) is 0 Å². The second kappa shape index (κ2) is 4.46. The van der Waals surface area contributed by atoms with Gasteiger partial charge in [-0.25, -0.2) is 0 Å². The highest BCUT2D eigenvalue weighted by molar-refractivity contribution is 5.39. The zero-order chi connectivity index (χ0) is 12.5. The predicted molar refractivity (Wildman–Crippen MR) is 67.5 cm³/mol. The molecular formula is C14H16N2O2. The summed E-state index contributed by atoms with van der Waals surface area (Å²) in [6.07, 6.45) is 4.99. The second-order valence-corrected chi connectivity index (χ2v) is 4.60. The van der Waals surface area contributed by atoms with Crippen molar-refractivity contribution >= 4 is 0 Å². The molecule has 1 N–H and O–H groups in total. The van der Waals surface area contributed by atoms with Crippen molar-refractivity contribution in [2.45, 2.75) is 25.0 Å². The summed E-state index contributed by atoms with van der Waals surface area (Å²) in [6.45, 7) is 0. The third-order valence-corrected chi connectivity index (χ3v) is 3.61. The molecule has 3 rings (SSSR count). The van der Waals surface area contributed by atoms with Gasteiger partial charge >= 0.3 is 0 Å². The van der Waals surface area contributed by atoms with Gasteiger partial charge in [-0.15, -0.1) is 0 Å². The molecule has 2 aromatic rings. The number of hydrogen-bond donors (Lipinski definition) is 1. The normalized spacial score (nSPS) is 22.6. The summed E-state index contributed by atoms with van der Waals surface area (Å²) in [5.74, 6) is 0.786. The van der Waals surface area contributed by atoms with E-state index in [1.54, 1.807) is 13.3 Å². The SMILES string of the molecule is COc1ccc2c(c1)C(O)C(n1cccn1)CC2. The van der Waals surface area contributed by atoms with Crippen LogP contribution in [0, 0.1) is 0 Å². The molecule has 4 nitrogen and oxygen atoms in total. The average Bonchev–Trinajstić information content (AvgIpc) is 2.93. The van der Waals surface area contributed by atoms with Crippen LogP contribution in [0.2, 0.25) is 0 Å². The molecule has 4 heteroatoms. The van der Waals surface area contributed by atoms with Gasteiger partial charge in [0.2, 0.25) is 0 Å². The molecule has 0 fully saturated rings. The lowest BCUT2D eigenvalue weighted by Gasteiger charge is -2.30. The van der Waals surface area contributed by atoms with E-state index in [1.807, 2.05) is 35.1 Å². The summed E-state index contributed by atoms with van der Waals surface area (Å²) in [5, 5.41) is 14.7. The number of aliphatic hydroxyl groups excluding tert-OH is 1. The minimum Gasteiger partial charge on any atom is -0.497 e. The van der Waals surface area contributed by atoms with Crippen molar-refractivity contribution in [3.8, 4) is 5.75 Å². The molecule has 1 aromatic heterocycles. The van der Waals surface area contributed by atoms with Crippen LogP contribution in [0.5, 0.6) is 5.75 Å². The molecule has 94 valence electrons. The van der Waals surface area contributed by atoms with E-state index < -0.39 is 6.10 Å². The number of aliphatic hydroxyl groups is 1. The van der Waals surface area contributed by atoms with Gasteiger partial charge in [-0.05, 0) is 42.2 Å². The number of hydrogen-bond acceptors (Lipinski definition) is 3. The number of benzene rings is 1. The lowest BCUT2D eigenvalue weighted by atomic mass is 9.86. The van der Waals surface area contributed by atoms with Gasteiger partial charge in [-0.2, -0.15) is 5.10 Å². The maximum Gasteiger partial charge on any atom is 0.119 e. The molecular weight excluding hydrogens is 228 g/mol. The molecule has 2 atom stereocenters. The molecule has 0 amide bonds. The zero-order valence-electron chi connectivity index (χ0n) is 10.3. The van der Waals surface area contributed by atoms with Crippen LogP contribution in [0.25, 0.3) is 0 Å². The Morgan fingerprint density at radius 2 is 2.33 bits per heavy atom. The van der Waals surface area contributed by atoms with Crippen LogP contribution in [0.1, 0.15) is 29.7 Å². The summed E-state index contributed by atoms with van der Waals surface area (Å²) >= 11 is 0. The average molecular weight is 244 g/mol. The number of ether oxygens (including phenoxy) is 1. The van der Waals surface area contributed by atoms with Gasteiger partial charge in [0.15, 0.2) is 0 Å². The van der Waals surface area contributed by atoms with Crippen LogP contribution in [0.15, 0.2) is 36.7 Å². The van der Waals surface area contributed by atoms with Crippen molar-refractivity contribution in [1.82, 2.24) is 9.78 Å². The lowest BCUT2D eigenvalue weighted by molar-refractivity contribution is 0.0919. The van der Waals surface area contributed by atoms with Crippen molar-refractivity contribution in [3.05, 3.63) is 47.8 Å². The third-order valence-electron chi connectivity index (χ3n) is 3.61. The minimum absolute atomic E-state index is 0.0135. The second-order valence-electron chi connectivity index (χ2n) is 4.60. The maximum atomic E-state index is 10.5. The van der Waals surface area contributed by atoms with E-state index in [9.17, 15) is 5.11 Å². The van der Waals surface area contributed by atoms with Crippen LogP contribution in [-0.2, 0) is 6.42 Å². The van der Waals surface area contributed by atoms with Gasteiger partial charge in [0.25, 0.3) is 0 Å². The molecule has 2 unspecified atom stereocenters. The summed E-state index contributed by atoms with van der Waals surface area (Å²) in [5.41, 5.74) is 2.16. The van der Waals surface area contributed by atoms with E-state index in [-0.39, 0.29) is 6.04 Å². The van der Waals surface area contributed by atoms with Crippen LogP contribution in [-0.4, -0.2) is 22.0 Å². The molecule has 0 spiro atoms.